The molecule has 0 spiro atoms. The van der Waals surface area contributed by atoms with Gasteiger partial charge >= 0.3 is 13.1 Å². The lowest BCUT2D eigenvalue weighted by Crippen LogP contribution is -2.41. The topological polar surface area (TPSA) is 71.8 Å². The van der Waals surface area contributed by atoms with E-state index in [9.17, 15) is 4.79 Å². The molecular formula is C30H41BN2O5Si. The third-order valence-electron chi connectivity index (χ3n) is 7.41. The van der Waals surface area contributed by atoms with Crippen LogP contribution in [0.15, 0.2) is 54.6 Å². The highest BCUT2D eigenvalue weighted by molar-refractivity contribution is 6.76. The standard InChI is InChI=1S/C30H41BN2O5Si/c1-9-36-27(34)20-24(22-14-16-23(17-15-22)31-37-29(2,3)30(4,5)38-31)28-32-25-12-10-11-13-26(25)33(28)21-35-18-19-39(6,7)8/h10-17,20H,9,18-19,21H2,1-8H3/b24-20-. The maximum Gasteiger partial charge on any atom is 0.494 e. The predicted octanol–water partition coefficient (Wildman–Crippen LogP) is 5.64. The summed E-state index contributed by atoms with van der Waals surface area (Å²) in [6.45, 7) is 18.3. The van der Waals surface area contributed by atoms with Gasteiger partial charge in [-0.25, -0.2) is 9.78 Å². The summed E-state index contributed by atoms with van der Waals surface area (Å²) in [7, 11) is -1.70. The number of imidazole rings is 1. The number of rotatable bonds is 10. The van der Waals surface area contributed by atoms with Gasteiger partial charge in [-0.15, -0.1) is 0 Å². The summed E-state index contributed by atoms with van der Waals surface area (Å²) in [4.78, 5) is 17.6. The number of carbonyl (C=O) groups excluding carboxylic acids is 1. The second-order valence-corrected chi connectivity index (χ2v) is 17.8. The van der Waals surface area contributed by atoms with E-state index in [0.29, 0.717) is 31.3 Å². The second kappa shape index (κ2) is 11.4. The molecule has 1 saturated heterocycles. The van der Waals surface area contributed by atoms with E-state index >= 15 is 0 Å². The Morgan fingerprint density at radius 1 is 1.03 bits per heavy atom. The fourth-order valence-electron chi connectivity index (χ4n) is 4.32. The molecule has 0 radical (unpaired) electrons. The first-order valence-corrected chi connectivity index (χ1v) is 17.4. The highest BCUT2D eigenvalue weighted by Gasteiger charge is 2.51. The second-order valence-electron chi connectivity index (χ2n) is 12.2. The zero-order valence-electron chi connectivity index (χ0n) is 24.5. The molecular weight excluding hydrogens is 507 g/mol. The van der Waals surface area contributed by atoms with Gasteiger partial charge in [-0.2, -0.15) is 0 Å². The zero-order valence-corrected chi connectivity index (χ0v) is 25.5. The van der Waals surface area contributed by atoms with Crippen molar-refractivity contribution in [3.63, 3.8) is 0 Å². The summed E-state index contributed by atoms with van der Waals surface area (Å²) in [5.41, 5.74) is 3.35. The van der Waals surface area contributed by atoms with Crippen LogP contribution >= 0.6 is 0 Å². The molecule has 0 unspecified atom stereocenters. The van der Waals surface area contributed by atoms with Crippen molar-refractivity contribution in [2.45, 2.75) is 78.2 Å². The summed E-state index contributed by atoms with van der Waals surface area (Å²) >= 11 is 0. The lowest BCUT2D eigenvalue weighted by atomic mass is 9.78. The van der Waals surface area contributed by atoms with E-state index in [1.165, 1.54) is 6.08 Å². The van der Waals surface area contributed by atoms with E-state index in [-0.39, 0.29) is 0 Å². The van der Waals surface area contributed by atoms with Gasteiger partial charge in [-0.05, 0) is 63.8 Å². The Kier molecular flexibility index (Phi) is 8.56. The number of esters is 1. The molecule has 2 heterocycles. The molecule has 9 heteroatoms. The van der Waals surface area contributed by atoms with Crippen molar-refractivity contribution in [1.82, 2.24) is 9.55 Å². The Labute approximate surface area is 233 Å². The number of para-hydroxylation sites is 2. The Bertz CT molecular complexity index is 1330. The molecule has 1 aliphatic rings. The van der Waals surface area contributed by atoms with Crippen LogP contribution in [-0.2, 0) is 30.3 Å². The molecule has 39 heavy (non-hydrogen) atoms. The molecule has 2 aromatic carbocycles. The average molecular weight is 549 g/mol. The fourth-order valence-corrected chi connectivity index (χ4v) is 5.08. The SMILES string of the molecule is CCOC(=O)/C=C(/c1ccc(B2OC(C)(C)C(C)(C)O2)cc1)c1nc2ccccc2n1COCC[Si](C)(C)C. The van der Waals surface area contributed by atoms with E-state index in [2.05, 4.69) is 19.6 Å². The molecule has 4 rings (SSSR count). The van der Waals surface area contributed by atoms with Gasteiger partial charge in [0.05, 0.1) is 28.8 Å². The highest BCUT2D eigenvalue weighted by Crippen LogP contribution is 2.36. The summed E-state index contributed by atoms with van der Waals surface area (Å²) in [6.07, 6.45) is 1.52. The predicted molar refractivity (Wildman–Crippen MR) is 160 cm³/mol. The van der Waals surface area contributed by atoms with Crippen molar-refractivity contribution >= 4 is 43.2 Å². The molecule has 0 bridgehead atoms. The van der Waals surface area contributed by atoms with Crippen molar-refractivity contribution in [2.75, 3.05) is 13.2 Å². The minimum absolute atomic E-state index is 0.291. The number of aromatic nitrogens is 2. The highest BCUT2D eigenvalue weighted by atomic mass is 28.3. The Balaban J connectivity index is 1.71. The van der Waals surface area contributed by atoms with Gasteiger partial charge in [-0.3, -0.25) is 4.57 Å². The van der Waals surface area contributed by atoms with Gasteiger partial charge in [0.1, 0.15) is 12.6 Å². The number of hydrogen-bond donors (Lipinski definition) is 0. The van der Waals surface area contributed by atoms with Crippen LogP contribution in [0.5, 0.6) is 0 Å². The maximum atomic E-state index is 12.7. The zero-order chi connectivity index (χ0) is 28.4. The van der Waals surface area contributed by atoms with Gasteiger partial charge in [0, 0.05) is 26.3 Å². The van der Waals surface area contributed by atoms with Crippen LogP contribution < -0.4 is 5.46 Å². The Morgan fingerprint density at radius 2 is 1.67 bits per heavy atom. The minimum Gasteiger partial charge on any atom is -0.463 e. The van der Waals surface area contributed by atoms with Gasteiger partial charge in [0.2, 0.25) is 0 Å². The third kappa shape index (κ3) is 6.72. The largest absolute Gasteiger partial charge is 0.494 e. The van der Waals surface area contributed by atoms with Crippen molar-refractivity contribution in [3.8, 4) is 0 Å². The third-order valence-corrected chi connectivity index (χ3v) is 9.11. The molecule has 1 aromatic heterocycles. The lowest BCUT2D eigenvalue weighted by molar-refractivity contribution is -0.137. The van der Waals surface area contributed by atoms with Crippen molar-refractivity contribution in [3.05, 3.63) is 66.0 Å². The van der Waals surface area contributed by atoms with Gasteiger partial charge in [-0.1, -0.05) is 56.0 Å². The molecule has 3 aromatic rings. The van der Waals surface area contributed by atoms with E-state index in [4.69, 9.17) is 23.8 Å². The Morgan fingerprint density at radius 3 is 2.28 bits per heavy atom. The first kappa shape index (κ1) is 29.3. The number of benzene rings is 2. The number of fused-ring (bicyclic) bond motifs is 1. The summed E-state index contributed by atoms with van der Waals surface area (Å²) < 4.78 is 25.9. The van der Waals surface area contributed by atoms with E-state index in [1.807, 2.05) is 80.8 Å². The molecule has 0 saturated carbocycles. The minimum atomic E-state index is -1.23. The number of ether oxygens (including phenoxy) is 2. The van der Waals surface area contributed by atoms with Gasteiger partial charge < -0.3 is 18.8 Å². The monoisotopic (exact) mass is 548 g/mol. The maximum absolute atomic E-state index is 12.7. The van der Waals surface area contributed by atoms with Crippen molar-refractivity contribution in [2.24, 2.45) is 0 Å². The first-order chi connectivity index (χ1) is 18.3. The summed E-state index contributed by atoms with van der Waals surface area (Å²) in [6, 6.07) is 16.9. The van der Waals surface area contributed by atoms with E-state index < -0.39 is 32.4 Å². The van der Waals surface area contributed by atoms with Crippen LogP contribution in [0, 0.1) is 0 Å². The molecule has 0 amide bonds. The van der Waals surface area contributed by atoms with Crippen LogP contribution in [0.2, 0.25) is 25.7 Å². The number of nitrogens with zero attached hydrogens (tertiary/aromatic N) is 2. The molecule has 0 aliphatic carbocycles. The quantitative estimate of drug-likeness (QED) is 0.141. The smallest absolute Gasteiger partial charge is 0.463 e. The molecule has 208 valence electrons. The van der Waals surface area contributed by atoms with E-state index in [0.717, 1.165) is 28.1 Å². The lowest BCUT2D eigenvalue weighted by Gasteiger charge is -2.32. The summed E-state index contributed by atoms with van der Waals surface area (Å²) in [5, 5.41) is 0. The molecule has 0 atom stereocenters. The van der Waals surface area contributed by atoms with Crippen LogP contribution in [0.1, 0.15) is 46.0 Å². The fraction of sp³-hybridized carbons (Fsp3) is 0.467. The molecule has 0 N–H and O–H groups in total. The normalized spacial score (nSPS) is 17.1. The number of hydrogen-bond acceptors (Lipinski definition) is 6. The van der Waals surface area contributed by atoms with Crippen LogP contribution in [0.4, 0.5) is 0 Å². The molecule has 1 aliphatic heterocycles. The summed E-state index contributed by atoms with van der Waals surface area (Å²) in [5.74, 6) is 0.237. The average Bonchev–Trinajstić information content (AvgIpc) is 3.32. The van der Waals surface area contributed by atoms with Crippen molar-refractivity contribution < 1.29 is 23.6 Å². The van der Waals surface area contributed by atoms with Crippen LogP contribution in [-0.4, -0.2) is 55.1 Å². The van der Waals surface area contributed by atoms with Crippen molar-refractivity contribution in [1.29, 1.82) is 0 Å². The van der Waals surface area contributed by atoms with Crippen LogP contribution in [0.3, 0.4) is 0 Å². The first-order valence-electron chi connectivity index (χ1n) is 13.7. The Hall–Kier alpha value is -2.72. The van der Waals surface area contributed by atoms with Gasteiger partial charge in [0.15, 0.2) is 0 Å². The van der Waals surface area contributed by atoms with Gasteiger partial charge in [0.25, 0.3) is 0 Å². The van der Waals surface area contributed by atoms with Crippen LogP contribution in [0.25, 0.3) is 16.6 Å². The van der Waals surface area contributed by atoms with E-state index in [1.54, 1.807) is 6.92 Å². The molecule has 7 nitrogen and oxygen atoms in total. The molecule has 1 fully saturated rings. The number of carbonyl (C=O) groups is 1.